The standard InChI is InChI=1S/C8H7BrClI/c1-5(11)7-3-2-6(9)4-8(7)10/h2-5H,1H3. The van der Waals surface area contributed by atoms with Crippen LogP contribution < -0.4 is 0 Å². The number of benzene rings is 1. The molecule has 0 radical (unpaired) electrons. The first kappa shape index (κ1) is 9.81. The van der Waals surface area contributed by atoms with Crippen LogP contribution in [0, 0.1) is 0 Å². The second-order valence-corrected chi connectivity index (χ2v) is 5.47. The summed E-state index contributed by atoms with van der Waals surface area (Å²) < 4.78 is 1.50. The van der Waals surface area contributed by atoms with Crippen molar-refractivity contribution in [3.05, 3.63) is 33.3 Å². The first-order chi connectivity index (χ1) is 5.11. The molecule has 0 fully saturated rings. The molecule has 0 amide bonds. The van der Waals surface area contributed by atoms with Crippen LogP contribution in [-0.4, -0.2) is 0 Å². The molecule has 0 saturated heterocycles. The summed E-state index contributed by atoms with van der Waals surface area (Å²) in [6.07, 6.45) is 0. The smallest absolute Gasteiger partial charge is 0.0459 e. The van der Waals surface area contributed by atoms with E-state index in [9.17, 15) is 0 Å². The van der Waals surface area contributed by atoms with Gasteiger partial charge in [-0.3, -0.25) is 0 Å². The minimum Gasteiger partial charge on any atom is -0.0840 e. The van der Waals surface area contributed by atoms with E-state index in [1.807, 2.05) is 18.2 Å². The lowest BCUT2D eigenvalue weighted by Crippen LogP contribution is -1.84. The van der Waals surface area contributed by atoms with Crippen molar-refractivity contribution >= 4 is 50.1 Å². The highest BCUT2D eigenvalue weighted by Crippen LogP contribution is 2.30. The van der Waals surface area contributed by atoms with Gasteiger partial charge in [0.2, 0.25) is 0 Å². The monoisotopic (exact) mass is 344 g/mol. The van der Waals surface area contributed by atoms with Crippen molar-refractivity contribution in [3.63, 3.8) is 0 Å². The second-order valence-electron chi connectivity index (χ2n) is 2.28. The van der Waals surface area contributed by atoms with E-state index in [2.05, 4.69) is 45.4 Å². The maximum atomic E-state index is 5.99. The molecule has 11 heavy (non-hydrogen) atoms. The largest absolute Gasteiger partial charge is 0.0840 e. The molecule has 0 aliphatic carbocycles. The molecule has 0 aromatic heterocycles. The van der Waals surface area contributed by atoms with Crippen molar-refractivity contribution in [1.29, 1.82) is 0 Å². The van der Waals surface area contributed by atoms with E-state index in [1.54, 1.807) is 0 Å². The van der Waals surface area contributed by atoms with Gasteiger partial charge in [-0.1, -0.05) is 56.2 Å². The molecule has 0 saturated carbocycles. The van der Waals surface area contributed by atoms with Gasteiger partial charge >= 0.3 is 0 Å². The quantitative estimate of drug-likeness (QED) is 0.515. The molecule has 1 aromatic carbocycles. The molecular weight excluding hydrogens is 338 g/mol. The molecular formula is C8H7BrClI. The third-order valence-corrected chi connectivity index (χ3v) is 2.88. The maximum Gasteiger partial charge on any atom is 0.0459 e. The fraction of sp³-hybridized carbons (Fsp3) is 0.250. The Morgan fingerprint density at radius 2 is 2.18 bits per heavy atom. The van der Waals surface area contributed by atoms with Crippen molar-refractivity contribution in [2.45, 2.75) is 10.8 Å². The molecule has 1 atom stereocenters. The highest BCUT2D eigenvalue weighted by atomic mass is 127. The number of hydrogen-bond donors (Lipinski definition) is 0. The van der Waals surface area contributed by atoms with Gasteiger partial charge in [-0.15, -0.1) is 0 Å². The van der Waals surface area contributed by atoms with Crippen LogP contribution in [0.5, 0.6) is 0 Å². The Balaban J connectivity index is 3.09. The predicted molar refractivity (Wildman–Crippen MR) is 61.6 cm³/mol. The molecule has 1 unspecified atom stereocenters. The summed E-state index contributed by atoms with van der Waals surface area (Å²) in [5.41, 5.74) is 1.19. The Hall–Kier alpha value is 0.720. The molecule has 0 aliphatic heterocycles. The molecule has 0 heterocycles. The number of rotatable bonds is 1. The van der Waals surface area contributed by atoms with Crippen LogP contribution in [0.4, 0.5) is 0 Å². The van der Waals surface area contributed by atoms with Gasteiger partial charge in [0.25, 0.3) is 0 Å². The highest BCUT2D eigenvalue weighted by molar-refractivity contribution is 14.1. The SMILES string of the molecule is CC(I)c1ccc(Br)cc1Cl. The Bertz CT molecular complexity index is 260. The topological polar surface area (TPSA) is 0 Å². The van der Waals surface area contributed by atoms with E-state index in [-0.39, 0.29) is 0 Å². The van der Waals surface area contributed by atoms with Crippen molar-refractivity contribution in [2.24, 2.45) is 0 Å². The summed E-state index contributed by atoms with van der Waals surface area (Å²) in [6, 6.07) is 5.98. The zero-order valence-electron chi connectivity index (χ0n) is 5.94. The lowest BCUT2D eigenvalue weighted by Gasteiger charge is -2.05. The van der Waals surface area contributed by atoms with Gasteiger partial charge in [0, 0.05) is 13.4 Å². The number of alkyl halides is 1. The Morgan fingerprint density at radius 3 is 2.64 bits per heavy atom. The van der Waals surface area contributed by atoms with Crippen LogP contribution in [0.1, 0.15) is 16.4 Å². The molecule has 1 aromatic rings. The number of halogens is 3. The Kier molecular flexibility index (Phi) is 3.65. The summed E-state index contributed by atoms with van der Waals surface area (Å²) >= 11 is 11.7. The third kappa shape index (κ3) is 2.60. The molecule has 0 spiro atoms. The zero-order valence-corrected chi connectivity index (χ0v) is 10.4. The van der Waals surface area contributed by atoms with E-state index >= 15 is 0 Å². The fourth-order valence-corrected chi connectivity index (χ4v) is 2.39. The average Bonchev–Trinajstić information content (AvgIpc) is 1.85. The van der Waals surface area contributed by atoms with E-state index < -0.39 is 0 Å². The van der Waals surface area contributed by atoms with Gasteiger partial charge in [-0.05, 0) is 24.6 Å². The van der Waals surface area contributed by atoms with Crippen molar-refractivity contribution in [1.82, 2.24) is 0 Å². The van der Waals surface area contributed by atoms with Crippen LogP contribution in [-0.2, 0) is 0 Å². The van der Waals surface area contributed by atoms with E-state index in [1.165, 1.54) is 5.56 Å². The van der Waals surface area contributed by atoms with Gasteiger partial charge in [-0.25, -0.2) is 0 Å². The van der Waals surface area contributed by atoms with Crippen molar-refractivity contribution < 1.29 is 0 Å². The Labute approximate surface area is 93.6 Å². The molecule has 0 N–H and O–H groups in total. The first-order valence-electron chi connectivity index (χ1n) is 3.20. The molecule has 60 valence electrons. The van der Waals surface area contributed by atoms with Crippen LogP contribution in [0.2, 0.25) is 5.02 Å². The lowest BCUT2D eigenvalue weighted by molar-refractivity contribution is 1.15. The second kappa shape index (κ2) is 4.10. The van der Waals surface area contributed by atoms with Crippen LogP contribution >= 0.6 is 50.1 Å². The molecule has 3 heteroatoms. The van der Waals surface area contributed by atoms with Crippen LogP contribution in [0.3, 0.4) is 0 Å². The summed E-state index contributed by atoms with van der Waals surface area (Å²) in [6.45, 7) is 2.12. The van der Waals surface area contributed by atoms with Crippen molar-refractivity contribution in [2.75, 3.05) is 0 Å². The summed E-state index contributed by atoms with van der Waals surface area (Å²) in [5.74, 6) is 0. The maximum absolute atomic E-state index is 5.99. The third-order valence-electron chi connectivity index (χ3n) is 1.39. The molecule has 0 nitrogen and oxygen atoms in total. The van der Waals surface area contributed by atoms with Crippen molar-refractivity contribution in [3.8, 4) is 0 Å². The predicted octanol–water partition coefficient (Wildman–Crippen LogP) is 4.60. The minimum atomic E-state index is 0.466. The normalized spacial score (nSPS) is 13.1. The Morgan fingerprint density at radius 1 is 1.55 bits per heavy atom. The highest BCUT2D eigenvalue weighted by Gasteiger charge is 2.05. The molecule has 0 bridgehead atoms. The van der Waals surface area contributed by atoms with Crippen LogP contribution in [0.15, 0.2) is 22.7 Å². The molecule has 1 rings (SSSR count). The lowest BCUT2D eigenvalue weighted by atomic mass is 10.2. The summed E-state index contributed by atoms with van der Waals surface area (Å²) in [4.78, 5) is 0. The summed E-state index contributed by atoms with van der Waals surface area (Å²) in [5, 5.41) is 0.835. The zero-order chi connectivity index (χ0) is 8.43. The van der Waals surface area contributed by atoms with Crippen LogP contribution in [0.25, 0.3) is 0 Å². The number of hydrogen-bond acceptors (Lipinski definition) is 0. The van der Waals surface area contributed by atoms with Gasteiger partial charge in [0.1, 0.15) is 0 Å². The van der Waals surface area contributed by atoms with E-state index in [4.69, 9.17) is 11.6 Å². The minimum absolute atomic E-state index is 0.466. The first-order valence-corrected chi connectivity index (χ1v) is 5.62. The van der Waals surface area contributed by atoms with Gasteiger partial charge < -0.3 is 0 Å². The average molecular weight is 345 g/mol. The van der Waals surface area contributed by atoms with Gasteiger partial charge in [0.15, 0.2) is 0 Å². The van der Waals surface area contributed by atoms with E-state index in [0.29, 0.717) is 3.92 Å². The van der Waals surface area contributed by atoms with E-state index in [0.717, 1.165) is 9.50 Å². The van der Waals surface area contributed by atoms with Gasteiger partial charge in [-0.2, -0.15) is 0 Å². The fourth-order valence-electron chi connectivity index (χ4n) is 0.824. The molecule has 0 aliphatic rings. The van der Waals surface area contributed by atoms with Gasteiger partial charge in [0.05, 0.1) is 0 Å². The summed E-state index contributed by atoms with van der Waals surface area (Å²) in [7, 11) is 0.